The molecule has 0 bridgehead atoms. The Morgan fingerprint density at radius 2 is 2.14 bits per heavy atom. The Morgan fingerprint density at radius 3 is 2.64 bits per heavy atom. The minimum absolute atomic E-state index is 0.479. The fourth-order valence-corrected chi connectivity index (χ4v) is 1.51. The van der Waals surface area contributed by atoms with Gasteiger partial charge in [0.15, 0.2) is 0 Å². The van der Waals surface area contributed by atoms with Crippen molar-refractivity contribution in [3.63, 3.8) is 0 Å². The van der Waals surface area contributed by atoms with Crippen LogP contribution in [0.15, 0.2) is 18.2 Å². The highest BCUT2D eigenvalue weighted by molar-refractivity contribution is 6.31. The number of halogens is 1. The molecule has 0 spiro atoms. The number of rotatable bonds is 3. The second-order valence-electron chi connectivity index (χ2n) is 3.81. The molecule has 2 N–H and O–H groups in total. The molecule has 0 fully saturated rings. The zero-order valence-corrected chi connectivity index (χ0v) is 9.56. The zero-order chi connectivity index (χ0) is 10.8. The summed E-state index contributed by atoms with van der Waals surface area (Å²) in [6.45, 7) is 4.38. The van der Waals surface area contributed by atoms with Gasteiger partial charge in [-0.2, -0.15) is 0 Å². The fourth-order valence-electron chi connectivity index (χ4n) is 1.33. The molecule has 0 aliphatic rings. The molecule has 1 unspecified atom stereocenters. The molecule has 0 aliphatic heterocycles. The number of aryl methyl sites for hydroxylation is 1. The molecule has 14 heavy (non-hydrogen) atoms. The number of hydrogen-bond donors (Lipinski definition) is 1. The van der Waals surface area contributed by atoms with Crippen molar-refractivity contribution < 1.29 is 4.74 Å². The Morgan fingerprint density at radius 1 is 1.50 bits per heavy atom. The first-order valence-corrected chi connectivity index (χ1v) is 4.89. The van der Waals surface area contributed by atoms with Gasteiger partial charge in [-0.05, 0) is 31.0 Å². The normalized spacial score (nSPS) is 15.2. The molecule has 2 nitrogen and oxygen atoms in total. The van der Waals surface area contributed by atoms with Crippen molar-refractivity contribution in [2.45, 2.75) is 19.4 Å². The van der Waals surface area contributed by atoms with Gasteiger partial charge in [-0.3, -0.25) is 0 Å². The molecular weight excluding hydrogens is 198 g/mol. The lowest BCUT2D eigenvalue weighted by atomic mass is 9.93. The third-order valence-electron chi connectivity index (χ3n) is 2.28. The van der Waals surface area contributed by atoms with Crippen LogP contribution in [0.2, 0.25) is 5.02 Å². The lowest BCUT2D eigenvalue weighted by Gasteiger charge is -2.24. The average Bonchev–Trinajstić information content (AvgIpc) is 2.09. The maximum absolute atomic E-state index is 6.08. The van der Waals surface area contributed by atoms with E-state index in [9.17, 15) is 0 Å². The smallest absolute Gasteiger partial charge is 0.0681 e. The van der Waals surface area contributed by atoms with Gasteiger partial charge in [0.05, 0.1) is 12.1 Å². The summed E-state index contributed by atoms with van der Waals surface area (Å²) in [5, 5.41) is 0.746. The van der Waals surface area contributed by atoms with E-state index < -0.39 is 5.54 Å². The zero-order valence-electron chi connectivity index (χ0n) is 8.80. The van der Waals surface area contributed by atoms with Crippen molar-refractivity contribution in [2.75, 3.05) is 13.7 Å². The number of ether oxygens (including phenoxy) is 1. The first-order chi connectivity index (χ1) is 6.47. The fraction of sp³-hybridized carbons (Fsp3) is 0.455. The van der Waals surface area contributed by atoms with E-state index in [1.807, 2.05) is 32.0 Å². The summed E-state index contributed by atoms with van der Waals surface area (Å²) in [6.07, 6.45) is 0. The number of hydrogen-bond acceptors (Lipinski definition) is 2. The van der Waals surface area contributed by atoms with E-state index in [0.717, 1.165) is 16.1 Å². The molecule has 0 aromatic heterocycles. The Bertz CT molecular complexity index is 323. The Labute approximate surface area is 90.0 Å². The Hall–Kier alpha value is -0.570. The Kier molecular flexibility index (Phi) is 3.53. The van der Waals surface area contributed by atoms with Crippen molar-refractivity contribution in [1.82, 2.24) is 0 Å². The van der Waals surface area contributed by atoms with Gasteiger partial charge in [-0.25, -0.2) is 0 Å². The summed E-state index contributed by atoms with van der Waals surface area (Å²) < 4.78 is 5.06. The van der Waals surface area contributed by atoms with Gasteiger partial charge in [-0.1, -0.05) is 23.7 Å². The SMILES string of the molecule is COCC(C)(N)c1ccc(C)c(Cl)c1. The minimum Gasteiger partial charge on any atom is -0.382 e. The summed E-state index contributed by atoms with van der Waals surface area (Å²) in [5.74, 6) is 0. The number of benzene rings is 1. The molecule has 1 aromatic rings. The molecule has 78 valence electrons. The average molecular weight is 214 g/mol. The van der Waals surface area contributed by atoms with E-state index >= 15 is 0 Å². The largest absolute Gasteiger partial charge is 0.382 e. The predicted octanol–water partition coefficient (Wildman–Crippen LogP) is 2.47. The van der Waals surface area contributed by atoms with Crippen LogP contribution in [0.5, 0.6) is 0 Å². The van der Waals surface area contributed by atoms with Crippen LogP contribution >= 0.6 is 11.6 Å². The predicted molar refractivity (Wildman–Crippen MR) is 59.6 cm³/mol. The van der Waals surface area contributed by atoms with Crippen molar-refractivity contribution in [3.8, 4) is 0 Å². The van der Waals surface area contributed by atoms with E-state index in [1.165, 1.54) is 0 Å². The summed E-state index contributed by atoms with van der Waals surface area (Å²) in [4.78, 5) is 0. The maximum Gasteiger partial charge on any atom is 0.0681 e. The van der Waals surface area contributed by atoms with Crippen LogP contribution in [0.25, 0.3) is 0 Å². The molecule has 0 aliphatic carbocycles. The lowest BCUT2D eigenvalue weighted by molar-refractivity contribution is 0.141. The van der Waals surface area contributed by atoms with Gasteiger partial charge >= 0.3 is 0 Å². The van der Waals surface area contributed by atoms with Crippen LogP contribution < -0.4 is 5.73 Å². The third kappa shape index (κ3) is 2.47. The van der Waals surface area contributed by atoms with Crippen molar-refractivity contribution in [2.24, 2.45) is 5.73 Å². The molecule has 0 saturated carbocycles. The quantitative estimate of drug-likeness (QED) is 0.837. The van der Waals surface area contributed by atoms with Crippen molar-refractivity contribution >= 4 is 11.6 Å². The standard InChI is InChI=1S/C11H16ClNO/c1-8-4-5-9(6-10(8)12)11(2,13)7-14-3/h4-6H,7,13H2,1-3H3. The summed E-state index contributed by atoms with van der Waals surface area (Å²) in [5.41, 5.74) is 7.66. The van der Waals surface area contributed by atoms with Gasteiger partial charge < -0.3 is 10.5 Å². The van der Waals surface area contributed by atoms with Crippen molar-refractivity contribution in [1.29, 1.82) is 0 Å². The van der Waals surface area contributed by atoms with E-state index in [2.05, 4.69) is 0 Å². The summed E-state index contributed by atoms with van der Waals surface area (Å²) in [6, 6.07) is 5.86. The van der Waals surface area contributed by atoms with E-state index in [4.69, 9.17) is 22.1 Å². The summed E-state index contributed by atoms with van der Waals surface area (Å²) >= 11 is 6.02. The van der Waals surface area contributed by atoms with E-state index in [-0.39, 0.29) is 0 Å². The monoisotopic (exact) mass is 213 g/mol. The van der Waals surface area contributed by atoms with Gasteiger partial charge in [-0.15, -0.1) is 0 Å². The van der Waals surface area contributed by atoms with Gasteiger partial charge in [0.25, 0.3) is 0 Å². The van der Waals surface area contributed by atoms with Crippen molar-refractivity contribution in [3.05, 3.63) is 34.3 Å². The van der Waals surface area contributed by atoms with Crippen LogP contribution in [0.1, 0.15) is 18.1 Å². The second kappa shape index (κ2) is 4.30. The van der Waals surface area contributed by atoms with Gasteiger partial charge in [0.1, 0.15) is 0 Å². The highest BCUT2D eigenvalue weighted by atomic mass is 35.5. The van der Waals surface area contributed by atoms with E-state index in [1.54, 1.807) is 7.11 Å². The maximum atomic E-state index is 6.08. The molecule has 1 atom stereocenters. The third-order valence-corrected chi connectivity index (χ3v) is 2.68. The minimum atomic E-state index is -0.480. The molecule has 0 radical (unpaired) electrons. The molecule has 0 heterocycles. The van der Waals surface area contributed by atoms with Crippen LogP contribution in [0.4, 0.5) is 0 Å². The van der Waals surface area contributed by atoms with E-state index in [0.29, 0.717) is 6.61 Å². The molecule has 1 rings (SSSR count). The highest BCUT2D eigenvalue weighted by Gasteiger charge is 2.21. The highest BCUT2D eigenvalue weighted by Crippen LogP contribution is 2.23. The molecule has 0 saturated heterocycles. The summed E-state index contributed by atoms with van der Waals surface area (Å²) in [7, 11) is 1.64. The van der Waals surface area contributed by atoms with Crippen LogP contribution in [-0.2, 0) is 10.3 Å². The molecular formula is C11H16ClNO. The Balaban J connectivity index is 3.01. The molecule has 1 aromatic carbocycles. The van der Waals surface area contributed by atoms with Crippen LogP contribution in [0.3, 0.4) is 0 Å². The van der Waals surface area contributed by atoms with Crippen LogP contribution in [-0.4, -0.2) is 13.7 Å². The first-order valence-electron chi connectivity index (χ1n) is 4.52. The van der Waals surface area contributed by atoms with Gasteiger partial charge in [0.2, 0.25) is 0 Å². The lowest BCUT2D eigenvalue weighted by Crippen LogP contribution is -2.37. The number of methoxy groups -OCH3 is 1. The van der Waals surface area contributed by atoms with Gasteiger partial charge in [0, 0.05) is 12.1 Å². The molecule has 0 amide bonds. The molecule has 3 heteroatoms. The first kappa shape index (κ1) is 11.5. The number of nitrogens with two attached hydrogens (primary N) is 1. The van der Waals surface area contributed by atoms with Crippen LogP contribution in [0, 0.1) is 6.92 Å². The topological polar surface area (TPSA) is 35.2 Å². The second-order valence-corrected chi connectivity index (χ2v) is 4.22.